The molecule has 0 bridgehead atoms. The van der Waals surface area contributed by atoms with Crippen LogP contribution in [0.3, 0.4) is 0 Å². The van der Waals surface area contributed by atoms with Gasteiger partial charge in [-0.3, -0.25) is 4.79 Å². The van der Waals surface area contributed by atoms with Gasteiger partial charge in [0.1, 0.15) is 0 Å². The monoisotopic (exact) mass is 257 g/mol. The second kappa shape index (κ2) is 5.70. The predicted molar refractivity (Wildman–Crippen MR) is 57.4 cm³/mol. The molecule has 0 aliphatic heterocycles. The molecule has 1 N–H and O–H groups in total. The summed E-state index contributed by atoms with van der Waals surface area (Å²) in [5.41, 5.74) is 0.543. The first-order valence-corrected chi connectivity index (χ1v) is 5.49. The van der Waals surface area contributed by atoms with Crippen LogP contribution in [-0.4, -0.2) is 27.5 Å². The molecular formula is C9H12BrN3O. The van der Waals surface area contributed by atoms with Crippen LogP contribution >= 0.6 is 15.9 Å². The van der Waals surface area contributed by atoms with Crippen LogP contribution < -0.4 is 5.32 Å². The fourth-order valence-electron chi connectivity index (χ4n) is 0.968. The lowest BCUT2D eigenvalue weighted by molar-refractivity contribution is 0.0939. The molecule has 0 radical (unpaired) electrons. The normalized spacial score (nSPS) is 12.1. The Bertz CT molecular complexity index is 291. The molecule has 1 amide bonds. The van der Waals surface area contributed by atoms with Gasteiger partial charge in [0.05, 0.1) is 18.0 Å². The molecule has 1 atom stereocenters. The summed E-state index contributed by atoms with van der Waals surface area (Å²) in [6.07, 6.45) is 3.87. The van der Waals surface area contributed by atoms with E-state index in [1.165, 1.54) is 12.4 Å². The number of hydrogen-bond acceptors (Lipinski definition) is 3. The molecule has 1 rings (SSSR count). The summed E-state index contributed by atoms with van der Waals surface area (Å²) in [5, 5.41) is 11.0. The van der Waals surface area contributed by atoms with Crippen molar-refractivity contribution in [3.63, 3.8) is 0 Å². The first-order chi connectivity index (χ1) is 6.74. The number of alkyl halides is 1. The molecule has 14 heavy (non-hydrogen) atoms. The Morgan fingerprint density at radius 3 is 3.00 bits per heavy atom. The van der Waals surface area contributed by atoms with E-state index in [9.17, 15) is 4.79 Å². The SMILES string of the molecule is CC(CCBr)NC(=O)c1ccnnc1. The molecule has 0 aliphatic carbocycles. The topological polar surface area (TPSA) is 54.9 Å². The minimum Gasteiger partial charge on any atom is -0.350 e. The summed E-state index contributed by atoms with van der Waals surface area (Å²) in [4.78, 5) is 11.5. The van der Waals surface area contributed by atoms with Crippen LogP contribution in [0.5, 0.6) is 0 Å². The summed E-state index contributed by atoms with van der Waals surface area (Å²) >= 11 is 3.32. The maximum atomic E-state index is 11.5. The average Bonchev–Trinajstić information content (AvgIpc) is 2.19. The Morgan fingerprint density at radius 2 is 2.43 bits per heavy atom. The van der Waals surface area contributed by atoms with Gasteiger partial charge in [0, 0.05) is 11.4 Å². The zero-order chi connectivity index (χ0) is 10.4. The van der Waals surface area contributed by atoms with Crippen molar-refractivity contribution >= 4 is 21.8 Å². The highest BCUT2D eigenvalue weighted by atomic mass is 79.9. The molecule has 1 aromatic rings. The van der Waals surface area contributed by atoms with Gasteiger partial charge >= 0.3 is 0 Å². The third-order valence-corrected chi connectivity index (χ3v) is 2.22. The minimum absolute atomic E-state index is 0.103. The summed E-state index contributed by atoms with van der Waals surface area (Å²) in [6, 6.07) is 1.80. The number of carbonyl (C=O) groups excluding carboxylic acids is 1. The molecule has 4 nitrogen and oxygen atoms in total. The van der Waals surface area contributed by atoms with Crippen LogP contribution in [0.4, 0.5) is 0 Å². The Morgan fingerprint density at radius 1 is 1.64 bits per heavy atom. The Kier molecular flexibility index (Phi) is 4.52. The van der Waals surface area contributed by atoms with Gasteiger partial charge in [-0.15, -0.1) is 0 Å². The average molecular weight is 258 g/mol. The number of aromatic nitrogens is 2. The summed E-state index contributed by atoms with van der Waals surface area (Å²) < 4.78 is 0. The number of nitrogens with one attached hydrogen (secondary N) is 1. The van der Waals surface area contributed by atoms with E-state index in [0.29, 0.717) is 5.56 Å². The summed E-state index contributed by atoms with van der Waals surface area (Å²) in [7, 11) is 0. The van der Waals surface area contributed by atoms with E-state index < -0.39 is 0 Å². The predicted octanol–water partition coefficient (Wildman–Crippen LogP) is 1.38. The van der Waals surface area contributed by atoms with Crippen molar-refractivity contribution in [1.82, 2.24) is 15.5 Å². The van der Waals surface area contributed by atoms with E-state index in [-0.39, 0.29) is 11.9 Å². The van der Waals surface area contributed by atoms with E-state index in [4.69, 9.17) is 0 Å². The van der Waals surface area contributed by atoms with Crippen molar-refractivity contribution in [2.24, 2.45) is 0 Å². The molecule has 76 valence electrons. The second-order valence-electron chi connectivity index (χ2n) is 2.98. The van der Waals surface area contributed by atoms with Crippen molar-refractivity contribution in [3.8, 4) is 0 Å². The lowest BCUT2D eigenvalue weighted by Crippen LogP contribution is -2.32. The van der Waals surface area contributed by atoms with Crippen LogP contribution in [-0.2, 0) is 0 Å². The molecular weight excluding hydrogens is 246 g/mol. The van der Waals surface area contributed by atoms with Crippen molar-refractivity contribution < 1.29 is 4.79 Å². The van der Waals surface area contributed by atoms with Crippen molar-refractivity contribution in [2.45, 2.75) is 19.4 Å². The molecule has 0 aliphatic rings. The Balaban J connectivity index is 2.51. The quantitative estimate of drug-likeness (QED) is 0.830. The van der Waals surface area contributed by atoms with Gasteiger partial charge in [0.15, 0.2) is 0 Å². The first-order valence-electron chi connectivity index (χ1n) is 4.37. The standard InChI is InChI=1S/C9H12BrN3O/c1-7(2-4-10)13-9(14)8-3-5-11-12-6-8/h3,5-7H,2,4H2,1H3,(H,13,14). The van der Waals surface area contributed by atoms with Crippen LogP contribution in [0.1, 0.15) is 23.7 Å². The Labute approximate surface area is 91.2 Å². The molecule has 1 aromatic heterocycles. The highest BCUT2D eigenvalue weighted by Gasteiger charge is 2.08. The number of rotatable bonds is 4. The lowest BCUT2D eigenvalue weighted by Gasteiger charge is -2.11. The smallest absolute Gasteiger partial charge is 0.253 e. The third kappa shape index (κ3) is 3.41. The van der Waals surface area contributed by atoms with Gasteiger partial charge in [-0.1, -0.05) is 15.9 Å². The minimum atomic E-state index is -0.103. The molecule has 0 spiro atoms. The second-order valence-corrected chi connectivity index (χ2v) is 3.78. The maximum absolute atomic E-state index is 11.5. The lowest BCUT2D eigenvalue weighted by atomic mass is 10.2. The summed E-state index contributed by atoms with van der Waals surface area (Å²) in [6.45, 7) is 1.97. The highest BCUT2D eigenvalue weighted by molar-refractivity contribution is 9.09. The van der Waals surface area contributed by atoms with Crippen LogP contribution in [0.25, 0.3) is 0 Å². The van der Waals surface area contributed by atoms with Crippen molar-refractivity contribution in [3.05, 3.63) is 24.0 Å². The highest BCUT2D eigenvalue weighted by Crippen LogP contribution is 1.98. The summed E-state index contributed by atoms with van der Waals surface area (Å²) in [5.74, 6) is -0.103. The van der Waals surface area contributed by atoms with Gasteiger partial charge in [-0.05, 0) is 19.4 Å². The van der Waals surface area contributed by atoms with Crippen LogP contribution in [0.15, 0.2) is 18.5 Å². The number of carbonyl (C=O) groups is 1. The van der Waals surface area contributed by atoms with Gasteiger partial charge < -0.3 is 5.32 Å². The van der Waals surface area contributed by atoms with Crippen LogP contribution in [0, 0.1) is 0 Å². The first kappa shape index (κ1) is 11.1. The van der Waals surface area contributed by atoms with Crippen LogP contribution in [0.2, 0.25) is 0 Å². The van der Waals surface area contributed by atoms with E-state index in [0.717, 1.165) is 11.8 Å². The van der Waals surface area contributed by atoms with E-state index in [1.54, 1.807) is 6.07 Å². The molecule has 5 heteroatoms. The third-order valence-electron chi connectivity index (χ3n) is 1.77. The van der Waals surface area contributed by atoms with E-state index >= 15 is 0 Å². The molecule has 1 unspecified atom stereocenters. The van der Waals surface area contributed by atoms with Gasteiger partial charge in [-0.2, -0.15) is 10.2 Å². The van der Waals surface area contributed by atoms with Gasteiger partial charge in [0.25, 0.3) is 5.91 Å². The fraction of sp³-hybridized carbons (Fsp3) is 0.444. The number of hydrogen-bond donors (Lipinski definition) is 1. The molecule has 0 fully saturated rings. The zero-order valence-electron chi connectivity index (χ0n) is 7.90. The maximum Gasteiger partial charge on any atom is 0.253 e. The number of amides is 1. The Hall–Kier alpha value is -0.970. The van der Waals surface area contributed by atoms with Crippen molar-refractivity contribution in [1.29, 1.82) is 0 Å². The molecule has 1 heterocycles. The molecule has 0 saturated carbocycles. The number of nitrogens with zero attached hydrogens (tertiary/aromatic N) is 2. The largest absolute Gasteiger partial charge is 0.350 e. The number of halogens is 1. The fourth-order valence-corrected chi connectivity index (χ4v) is 1.65. The van der Waals surface area contributed by atoms with Gasteiger partial charge in [0.2, 0.25) is 0 Å². The van der Waals surface area contributed by atoms with Crippen molar-refractivity contribution in [2.75, 3.05) is 5.33 Å². The van der Waals surface area contributed by atoms with Gasteiger partial charge in [-0.25, -0.2) is 0 Å². The molecule has 0 aromatic carbocycles. The zero-order valence-corrected chi connectivity index (χ0v) is 9.49. The molecule has 0 saturated heterocycles. The van der Waals surface area contributed by atoms with E-state index in [1.807, 2.05) is 6.92 Å². The van der Waals surface area contributed by atoms with E-state index in [2.05, 4.69) is 31.4 Å².